The van der Waals surface area contributed by atoms with Gasteiger partial charge < -0.3 is 25.4 Å². The lowest BCUT2D eigenvalue weighted by molar-refractivity contribution is -0.00716. The molecule has 0 saturated carbocycles. The van der Waals surface area contributed by atoms with Crippen LogP contribution in [0.15, 0.2) is 42.5 Å². The maximum Gasteiger partial charge on any atom is 0.254 e. The highest BCUT2D eigenvalue weighted by Gasteiger charge is 2.40. The number of nitrogens with zero attached hydrogens (tertiary/aromatic N) is 1. The lowest BCUT2D eigenvalue weighted by Crippen LogP contribution is -2.49. The van der Waals surface area contributed by atoms with Gasteiger partial charge in [0.1, 0.15) is 0 Å². The number of aliphatic hydroxyl groups excluding tert-OH is 1. The van der Waals surface area contributed by atoms with E-state index in [4.69, 9.17) is 4.74 Å². The van der Waals surface area contributed by atoms with Crippen LogP contribution in [-0.2, 0) is 24.1 Å². The molecule has 0 radical (unpaired) electrons. The number of fused-ring (bicyclic) bond motifs is 3. The van der Waals surface area contributed by atoms with E-state index in [1.807, 2.05) is 4.90 Å². The molecule has 2 fully saturated rings. The normalized spacial score (nSPS) is 24.4. The van der Waals surface area contributed by atoms with Crippen molar-refractivity contribution in [3.05, 3.63) is 70.3 Å². The number of hydrogen-bond donors (Lipinski definition) is 3. The summed E-state index contributed by atoms with van der Waals surface area (Å²) in [7, 11) is 0. The highest BCUT2D eigenvalue weighted by molar-refractivity contribution is 5.98. The van der Waals surface area contributed by atoms with Gasteiger partial charge in [0.05, 0.1) is 31.4 Å². The van der Waals surface area contributed by atoms with Gasteiger partial charge in [0.15, 0.2) is 0 Å². The number of benzene rings is 2. The summed E-state index contributed by atoms with van der Waals surface area (Å²) in [5.74, 6) is -0.249. The molecule has 0 aliphatic carbocycles. The zero-order valence-corrected chi connectivity index (χ0v) is 19.6. The van der Waals surface area contributed by atoms with Crippen molar-refractivity contribution in [3.63, 3.8) is 0 Å². The summed E-state index contributed by atoms with van der Waals surface area (Å²) in [6.45, 7) is 4.24. The van der Waals surface area contributed by atoms with Gasteiger partial charge in [-0.05, 0) is 66.6 Å². The summed E-state index contributed by atoms with van der Waals surface area (Å²) in [4.78, 5) is 27.6. The summed E-state index contributed by atoms with van der Waals surface area (Å²) < 4.78 is 5.57. The third-order valence-corrected chi connectivity index (χ3v) is 7.48. The van der Waals surface area contributed by atoms with Crippen molar-refractivity contribution < 1.29 is 19.4 Å². The highest BCUT2D eigenvalue weighted by Crippen LogP contribution is 2.30. The van der Waals surface area contributed by atoms with Crippen molar-refractivity contribution in [2.45, 2.75) is 63.4 Å². The van der Waals surface area contributed by atoms with E-state index in [2.05, 4.69) is 35.8 Å². The second-order valence-corrected chi connectivity index (χ2v) is 9.64. The van der Waals surface area contributed by atoms with Crippen molar-refractivity contribution in [2.75, 3.05) is 19.8 Å². The van der Waals surface area contributed by atoms with Crippen LogP contribution >= 0.6 is 0 Å². The van der Waals surface area contributed by atoms with Gasteiger partial charge in [0.2, 0.25) is 0 Å². The molecule has 0 spiro atoms. The largest absolute Gasteiger partial charge is 0.390 e. The summed E-state index contributed by atoms with van der Waals surface area (Å²) in [6.07, 6.45) is 3.02. The first-order valence-corrected chi connectivity index (χ1v) is 12.3. The number of morpholine rings is 1. The topological polar surface area (TPSA) is 90.9 Å². The molecule has 3 heterocycles. The van der Waals surface area contributed by atoms with E-state index < -0.39 is 6.10 Å². The zero-order valence-electron chi connectivity index (χ0n) is 19.6. The molecular weight excluding hydrogens is 430 g/mol. The fourth-order valence-electron chi connectivity index (χ4n) is 5.40. The van der Waals surface area contributed by atoms with E-state index in [1.54, 1.807) is 24.3 Å². The molecule has 5 rings (SSSR count). The monoisotopic (exact) mass is 463 g/mol. The number of aryl methyl sites for hydroxylation is 1. The molecule has 34 heavy (non-hydrogen) atoms. The Labute approximate surface area is 200 Å². The molecule has 4 atom stereocenters. The van der Waals surface area contributed by atoms with Gasteiger partial charge in [-0.2, -0.15) is 0 Å². The molecule has 2 bridgehead atoms. The van der Waals surface area contributed by atoms with Crippen LogP contribution in [0.4, 0.5) is 0 Å². The molecular formula is C27H33N3O4. The Hall–Kier alpha value is -2.74. The minimum Gasteiger partial charge on any atom is -0.390 e. The SMILES string of the molecule is CCc1ccc2c(c1)CN[C@H]([C@H](O)CNC(=O)c1ccc(C(=O)N3C4CCC3COC4)cc1)C2. The van der Waals surface area contributed by atoms with E-state index in [9.17, 15) is 14.7 Å². The first kappa shape index (κ1) is 23.0. The third-order valence-electron chi connectivity index (χ3n) is 7.48. The van der Waals surface area contributed by atoms with Gasteiger partial charge in [0.25, 0.3) is 11.8 Å². The number of ether oxygens (including phenoxy) is 1. The van der Waals surface area contributed by atoms with Crippen LogP contribution < -0.4 is 10.6 Å². The number of aliphatic hydroxyl groups is 1. The minimum atomic E-state index is -0.694. The molecule has 3 aliphatic heterocycles. The van der Waals surface area contributed by atoms with E-state index >= 15 is 0 Å². The van der Waals surface area contributed by atoms with Gasteiger partial charge >= 0.3 is 0 Å². The van der Waals surface area contributed by atoms with Crippen LogP contribution in [-0.4, -0.2) is 65.8 Å². The zero-order chi connectivity index (χ0) is 23.7. The molecule has 2 aromatic carbocycles. The smallest absolute Gasteiger partial charge is 0.254 e. The lowest BCUT2D eigenvalue weighted by atomic mass is 9.91. The lowest BCUT2D eigenvalue weighted by Gasteiger charge is -2.34. The van der Waals surface area contributed by atoms with Crippen LogP contribution in [0.5, 0.6) is 0 Å². The number of hydrogen-bond acceptors (Lipinski definition) is 5. The number of rotatable bonds is 6. The van der Waals surface area contributed by atoms with Crippen LogP contribution in [0.1, 0.15) is 57.2 Å². The molecule has 3 aliphatic rings. The van der Waals surface area contributed by atoms with Crippen molar-refractivity contribution >= 4 is 11.8 Å². The second kappa shape index (κ2) is 9.86. The van der Waals surface area contributed by atoms with Crippen LogP contribution in [0, 0.1) is 0 Å². The summed E-state index contributed by atoms with van der Waals surface area (Å²) in [5.41, 5.74) is 4.91. The van der Waals surface area contributed by atoms with Crippen LogP contribution in [0.2, 0.25) is 0 Å². The number of amides is 2. The molecule has 2 amide bonds. The number of nitrogens with one attached hydrogen (secondary N) is 2. The van der Waals surface area contributed by atoms with E-state index in [-0.39, 0.29) is 36.5 Å². The van der Waals surface area contributed by atoms with E-state index in [0.29, 0.717) is 24.3 Å². The Kier molecular flexibility index (Phi) is 6.68. The maximum absolute atomic E-state index is 13.0. The Morgan fingerprint density at radius 1 is 1.09 bits per heavy atom. The fraction of sp³-hybridized carbons (Fsp3) is 0.481. The molecule has 0 aromatic heterocycles. The van der Waals surface area contributed by atoms with Crippen molar-refractivity contribution in [3.8, 4) is 0 Å². The molecule has 2 unspecified atom stereocenters. The minimum absolute atomic E-state index is 0.00731. The van der Waals surface area contributed by atoms with Crippen LogP contribution in [0.3, 0.4) is 0 Å². The third kappa shape index (κ3) is 4.60. The predicted molar refractivity (Wildman–Crippen MR) is 129 cm³/mol. The average molecular weight is 464 g/mol. The first-order valence-electron chi connectivity index (χ1n) is 12.3. The summed E-state index contributed by atoms with van der Waals surface area (Å²) >= 11 is 0. The van der Waals surface area contributed by atoms with Crippen LogP contribution in [0.25, 0.3) is 0 Å². The van der Waals surface area contributed by atoms with Gasteiger partial charge in [0, 0.05) is 30.3 Å². The van der Waals surface area contributed by atoms with Crippen molar-refractivity contribution in [2.24, 2.45) is 0 Å². The van der Waals surface area contributed by atoms with E-state index in [0.717, 1.165) is 32.2 Å². The second-order valence-electron chi connectivity index (χ2n) is 9.64. The summed E-state index contributed by atoms with van der Waals surface area (Å²) in [6, 6.07) is 13.5. The van der Waals surface area contributed by atoms with Crippen molar-refractivity contribution in [1.29, 1.82) is 0 Å². The summed E-state index contributed by atoms with van der Waals surface area (Å²) in [5, 5.41) is 16.9. The Morgan fingerprint density at radius 2 is 1.79 bits per heavy atom. The molecule has 3 N–H and O–H groups in total. The quantitative estimate of drug-likeness (QED) is 0.610. The molecule has 180 valence electrons. The van der Waals surface area contributed by atoms with Gasteiger partial charge in [-0.3, -0.25) is 9.59 Å². The highest BCUT2D eigenvalue weighted by atomic mass is 16.5. The Balaban J connectivity index is 1.14. The van der Waals surface area contributed by atoms with Crippen molar-refractivity contribution in [1.82, 2.24) is 15.5 Å². The predicted octanol–water partition coefficient (Wildman–Crippen LogP) is 2.06. The Morgan fingerprint density at radius 3 is 2.50 bits per heavy atom. The van der Waals surface area contributed by atoms with Gasteiger partial charge in [-0.25, -0.2) is 0 Å². The molecule has 2 saturated heterocycles. The molecule has 7 nitrogen and oxygen atoms in total. The molecule has 7 heteroatoms. The standard InChI is InChI=1S/C27H33N3O4/c1-2-17-3-4-20-12-24(28-13-21(20)11-17)25(31)14-29-26(32)18-5-7-19(8-6-18)27(33)30-22-9-10-23(30)16-34-15-22/h3-8,11,22-25,28,31H,2,9-10,12-16H2,1H3,(H,29,32)/t22?,23?,24-,25+/m0/s1. The fourth-order valence-corrected chi connectivity index (χ4v) is 5.40. The first-order chi connectivity index (χ1) is 16.5. The molecule has 2 aromatic rings. The van der Waals surface area contributed by atoms with Gasteiger partial charge in [-0.1, -0.05) is 25.1 Å². The number of carbonyl (C=O) groups is 2. The van der Waals surface area contributed by atoms with Gasteiger partial charge in [-0.15, -0.1) is 0 Å². The number of carbonyl (C=O) groups excluding carboxylic acids is 2. The van der Waals surface area contributed by atoms with E-state index in [1.165, 1.54) is 16.7 Å². The average Bonchev–Trinajstić information content (AvgIpc) is 3.13. The maximum atomic E-state index is 13.0. The Bertz CT molecular complexity index is 1040.